The third kappa shape index (κ3) is 4.20. The number of carbonyl (C=O) groups is 2. The van der Waals surface area contributed by atoms with Gasteiger partial charge in [-0.2, -0.15) is 0 Å². The number of amides is 1. The minimum atomic E-state index is -0.110. The summed E-state index contributed by atoms with van der Waals surface area (Å²) in [7, 11) is 0. The molecule has 0 bridgehead atoms. The Kier molecular flexibility index (Phi) is 5.81. The third-order valence-electron chi connectivity index (χ3n) is 6.98. The molecule has 1 aliphatic carbocycles. The molecule has 7 nitrogen and oxygen atoms in total. The minimum Gasteiger partial charge on any atom is -0.353 e. The zero-order valence-corrected chi connectivity index (χ0v) is 18.7. The fourth-order valence-corrected chi connectivity index (χ4v) is 4.93. The van der Waals surface area contributed by atoms with Crippen molar-refractivity contribution in [1.29, 1.82) is 0 Å². The van der Waals surface area contributed by atoms with Crippen LogP contribution in [0.5, 0.6) is 0 Å². The van der Waals surface area contributed by atoms with E-state index in [2.05, 4.69) is 22.9 Å². The Labute approximate surface area is 189 Å². The number of anilines is 2. The number of nitrogens with zero attached hydrogens (tertiary/aromatic N) is 5. The minimum absolute atomic E-state index is 0.0167. The molecule has 1 amide bonds. The van der Waals surface area contributed by atoms with Gasteiger partial charge < -0.3 is 19.5 Å². The van der Waals surface area contributed by atoms with Crippen LogP contribution in [0, 0.1) is 6.92 Å². The van der Waals surface area contributed by atoms with Crippen LogP contribution in [-0.4, -0.2) is 65.8 Å². The van der Waals surface area contributed by atoms with Gasteiger partial charge in [0.15, 0.2) is 0 Å². The molecule has 5 rings (SSSR count). The van der Waals surface area contributed by atoms with E-state index in [1.807, 2.05) is 28.1 Å². The molecule has 32 heavy (non-hydrogen) atoms. The molecule has 3 aliphatic rings. The van der Waals surface area contributed by atoms with Crippen molar-refractivity contribution < 1.29 is 9.59 Å². The molecular formula is C25H31N5O2. The largest absolute Gasteiger partial charge is 0.353 e. The first kappa shape index (κ1) is 20.9. The lowest BCUT2D eigenvalue weighted by Gasteiger charge is -2.36. The van der Waals surface area contributed by atoms with Crippen molar-refractivity contribution >= 4 is 23.8 Å². The van der Waals surface area contributed by atoms with Crippen LogP contribution in [-0.2, 0) is 4.79 Å². The molecule has 3 fully saturated rings. The van der Waals surface area contributed by atoms with Gasteiger partial charge in [0.1, 0.15) is 17.9 Å². The second-order valence-corrected chi connectivity index (χ2v) is 9.26. The smallest absolute Gasteiger partial charge is 0.255 e. The van der Waals surface area contributed by atoms with Gasteiger partial charge in [-0.3, -0.25) is 4.79 Å². The number of piperazine rings is 1. The Morgan fingerprint density at radius 1 is 1.00 bits per heavy atom. The quantitative estimate of drug-likeness (QED) is 0.675. The number of pyridine rings is 2. The fraction of sp³-hybridized carbons (Fsp3) is 0.520. The van der Waals surface area contributed by atoms with Gasteiger partial charge in [0, 0.05) is 45.1 Å². The van der Waals surface area contributed by atoms with E-state index in [0.717, 1.165) is 56.8 Å². The van der Waals surface area contributed by atoms with E-state index in [-0.39, 0.29) is 11.9 Å². The summed E-state index contributed by atoms with van der Waals surface area (Å²) in [6, 6.07) is 5.89. The van der Waals surface area contributed by atoms with Crippen LogP contribution in [0.1, 0.15) is 59.5 Å². The van der Waals surface area contributed by atoms with Crippen molar-refractivity contribution in [1.82, 2.24) is 14.9 Å². The van der Waals surface area contributed by atoms with Crippen molar-refractivity contribution in [2.45, 2.75) is 51.0 Å². The molecule has 1 atom stereocenters. The van der Waals surface area contributed by atoms with E-state index in [9.17, 15) is 9.59 Å². The van der Waals surface area contributed by atoms with Crippen LogP contribution in [0.3, 0.4) is 0 Å². The van der Waals surface area contributed by atoms with Crippen LogP contribution in [0.15, 0.2) is 30.6 Å². The Morgan fingerprint density at radius 2 is 1.81 bits per heavy atom. The number of rotatable bonds is 5. The standard InChI is InChI=1S/C25H31N5O2/c1-18-14-21(19-5-6-19)16-27-24(18)28-10-12-29(13-11-28)25(32)20-7-8-23(26-15-20)30-9-3-2-4-22(30)17-31/h7-8,14-17,19,22H,2-6,9-13H2,1H3. The molecule has 2 aromatic rings. The monoisotopic (exact) mass is 433 g/mol. The van der Waals surface area contributed by atoms with Crippen LogP contribution in [0.4, 0.5) is 11.6 Å². The van der Waals surface area contributed by atoms with Gasteiger partial charge in [0.05, 0.1) is 11.6 Å². The summed E-state index contributed by atoms with van der Waals surface area (Å²) in [5, 5.41) is 0. The fourth-order valence-electron chi connectivity index (χ4n) is 4.93. The molecule has 1 unspecified atom stereocenters. The molecule has 0 N–H and O–H groups in total. The second-order valence-electron chi connectivity index (χ2n) is 9.26. The summed E-state index contributed by atoms with van der Waals surface area (Å²) in [6.07, 6.45) is 10.3. The molecular weight excluding hydrogens is 402 g/mol. The lowest BCUT2D eigenvalue weighted by molar-refractivity contribution is -0.109. The van der Waals surface area contributed by atoms with E-state index >= 15 is 0 Å². The predicted octanol–water partition coefficient (Wildman–Crippen LogP) is 3.18. The maximum atomic E-state index is 13.0. The van der Waals surface area contributed by atoms with Gasteiger partial charge in [0.25, 0.3) is 5.91 Å². The summed E-state index contributed by atoms with van der Waals surface area (Å²) in [6.45, 7) is 5.87. The van der Waals surface area contributed by atoms with Crippen molar-refractivity contribution in [3.63, 3.8) is 0 Å². The molecule has 0 spiro atoms. The summed E-state index contributed by atoms with van der Waals surface area (Å²) in [5.41, 5.74) is 3.19. The highest BCUT2D eigenvalue weighted by molar-refractivity contribution is 5.94. The van der Waals surface area contributed by atoms with Crippen LogP contribution < -0.4 is 9.80 Å². The van der Waals surface area contributed by atoms with Gasteiger partial charge in [-0.15, -0.1) is 0 Å². The zero-order chi connectivity index (χ0) is 22.1. The van der Waals surface area contributed by atoms with Crippen LogP contribution in [0.2, 0.25) is 0 Å². The number of aryl methyl sites for hydroxylation is 1. The van der Waals surface area contributed by atoms with Gasteiger partial charge in [-0.05, 0) is 68.2 Å². The highest BCUT2D eigenvalue weighted by Gasteiger charge is 2.27. The first-order chi connectivity index (χ1) is 15.6. The highest BCUT2D eigenvalue weighted by Crippen LogP contribution is 2.40. The average Bonchev–Trinajstić information content (AvgIpc) is 3.69. The second kappa shape index (κ2) is 8.88. The number of aromatic nitrogens is 2. The van der Waals surface area contributed by atoms with Crippen LogP contribution in [0.25, 0.3) is 0 Å². The first-order valence-electron chi connectivity index (χ1n) is 11.8. The summed E-state index contributed by atoms with van der Waals surface area (Å²) < 4.78 is 0. The topological polar surface area (TPSA) is 69.6 Å². The summed E-state index contributed by atoms with van der Waals surface area (Å²) >= 11 is 0. The number of hydrogen-bond donors (Lipinski definition) is 0. The van der Waals surface area contributed by atoms with E-state index < -0.39 is 0 Å². The van der Waals surface area contributed by atoms with Gasteiger partial charge in [-0.25, -0.2) is 9.97 Å². The Bertz CT molecular complexity index is 980. The number of hydrogen-bond acceptors (Lipinski definition) is 6. The third-order valence-corrected chi connectivity index (χ3v) is 6.98. The normalized spacial score (nSPS) is 21.5. The van der Waals surface area contributed by atoms with Gasteiger partial charge in [0.2, 0.25) is 0 Å². The molecule has 2 aromatic heterocycles. The molecule has 0 radical (unpaired) electrons. The maximum Gasteiger partial charge on any atom is 0.255 e. The SMILES string of the molecule is Cc1cc(C2CC2)cnc1N1CCN(C(=O)c2ccc(N3CCCCC3C=O)nc2)CC1. The molecule has 1 saturated carbocycles. The van der Waals surface area contributed by atoms with E-state index in [0.29, 0.717) is 24.6 Å². The van der Waals surface area contributed by atoms with Crippen molar-refractivity contribution in [3.8, 4) is 0 Å². The number of carbonyl (C=O) groups excluding carboxylic acids is 2. The molecule has 2 saturated heterocycles. The van der Waals surface area contributed by atoms with E-state index in [1.165, 1.54) is 24.0 Å². The van der Waals surface area contributed by atoms with Gasteiger partial charge >= 0.3 is 0 Å². The highest BCUT2D eigenvalue weighted by atomic mass is 16.2. The Morgan fingerprint density at radius 3 is 2.47 bits per heavy atom. The summed E-state index contributed by atoms with van der Waals surface area (Å²) in [4.78, 5) is 39.9. The lowest BCUT2D eigenvalue weighted by atomic mass is 10.0. The van der Waals surface area contributed by atoms with E-state index in [4.69, 9.17) is 4.98 Å². The maximum absolute atomic E-state index is 13.0. The molecule has 4 heterocycles. The molecule has 2 aliphatic heterocycles. The summed E-state index contributed by atoms with van der Waals surface area (Å²) in [5.74, 6) is 2.55. The Hall–Kier alpha value is -2.96. The molecule has 7 heteroatoms. The molecule has 168 valence electrons. The van der Waals surface area contributed by atoms with Gasteiger partial charge in [-0.1, -0.05) is 6.07 Å². The Balaban J connectivity index is 1.20. The number of piperidine rings is 1. The van der Waals surface area contributed by atoms with Crippen molar-refractivity contribution in [2.75, 3.05) is 42.5 Å². The first-order valence-corrected chi connectivity index (χ1v) is 11.8. The van der Waals surface area contributed by atoms with Crippen molar-refractivity contribution in [3.05, 3.63) is 47.3 Å². The predicted molar refractivity (Wildman–Crippen MR) is 124 cm³/mol. The number of aldehydes is 1. The van der Waals surface area contributed by atoms with E-state index in [1.54, 1.807) is 6.20 Å². The zero-order valence-electron chi connectivity index (χ0n) is 18.7. The average molecular weight is 434 g/mol. The molecule has 0 aromatic carbocycles. The van der Waals surface area contributed by atoms with Crippen LogP contribution >= 0.6 is 0 Å². The van der Waals surface area contributed by atoms with Crippen molar-refractivity contribution in [2.24, 2.45) is 0 Å². The lowest BCUT2D eigenvalue weighted by Crippen LogP contribution is -2.49.